The Balaban J connectivity index is 2.25. The van der Waals surface area contributed by atoms with E-state index in [0.29, 0.717) is 16.7 Å². The number of anilines is 2. The van der Waals surface area contributed by atoms with Gasteiger partial charge in [-0.15, -0.1) is 11.8 Å². The Hall–Kier alpha value is -1.89. The van der Waals surface area contributed by atoms with Crippen molar-refractivity contribution in [2.75, 3.05) is 24.7 Å². The number of hydrogen-bond acceptors (Lipinski definition) is 6. The zero-order chi connectivity index (χ0) is 14.7. The molecule has 5 nitrogen and oxygen atoms in total. The lowest BCUT2D eigenvalue weighted by Crippen LogP contribution is -2.16. The van der Waals surface area contributed by atoms with E-state index in [2.05, 4.69) is 15.0 Å². The minimum atomic E-state index is -0.251. The summed E-state index contributed by atoms with van der Waals surface area (Å²) in [5.41, 5.74) is 5.69. The van der Waals surface area contributed by atoms with E-state index in [1.807, 2.05) is 21.0 Å². The minimum Gasteiger partial charge on any atom is -0.368 e. The third kappa shape index (κ3) is 3.36. The fraction of sp³-hybridized carbons (Fsp3) is 0.308. The van der Waals surface area contributed by atoms with Crippen LogP contribution in [0.2, 0.25) is 0 Å². The standard InChI is InChI=1S/C13H16FN5S/c1-8(20-10-7-5-4-6-9(10)14)11-16-12(15)18-13(17-11)19(2)3/h4-8H,1-3H3,(H2,15,16,17,18)/t8-/m1/s1. The van der Waals surface area contributed by atoms with Crippen LogP contribution in [0.5, 0.6) is 0 Å². The van der Waals surface area contributed by atoms with Gasteiger partial charge in [-0.25, -0.2) is 4.39 Å². The summed E-state index contributed by atoms with van der Waals surface area (Å²) in [5.74, 6) is 0.946. The molecular weight excluding hydrogens is 277 g/mol. The first kappa shape index (κ1) is 14.5. The van der Waals surface area contributed by atoms with Crippen molar-refractivity contribution in [2.24, 2.45) is 0 Å². The Bertz CT molecular complexity index is 605. The largest absolute Gasteiger partial charge is 0.368 e. The summed E-state index contributed by atoms with van der Waals surface area (Å²) in [5, 5.41) is -0.129. The Morgan fingerprint density at radius 3 is 2.55 bits per heavy atom. The van der Waals surface area contributed by atoms with Gasteiger partial charge < -0.3 is 10.6 Å². The van der Waals surface area contributed by atoms with E-state index in [1.165, 1.54) is 17.8 Å². The summed E-state index contributed by atoms with van der Waals surface area (Å²) in [4.78, 5) is 14.8. The average molecular weight is 293 g/mol. The lowest BCUT2D eigenvalue weighted by molar-refractivity contribution is 0.601. The van der Waals surface area contributed by atoms with Crippen molar-refractivity contribution < 1.29 is 4.39 Å². The second-order valence-electron chi connectivity index (χ2n) is 4.44. The molecule has 1 aromatic heterocycles. The molecule has 2 aromatic rings. The molecule has 1 aromatic carbocycles. The monoisotopic (exact) mass is 293 g/mol. The predicted octanol–water partition coefficient (Wildman–Crippen LogP) is 2.51. The van der Waals surface area contributed by atoms with Gasteiger partial charge in [0.1, 0.15) is 11.6 Å². The quantitative estimate of drug-likeness (QED) is 0.874. The summed E-state index contributed by atoms with van der Waals surface area (Å²) < 4.78 is 13.6. The molecule has 0 radical (unpaired) electrons. The second kappa shape index (κ2) is 6.04. The first-order valence-electron chi connectivity index (χ1n) is 6.07. The number of thioether (sulfide) groups is 1. The molecule has 0 aliphatic rings. The lowest BCUT2D eigenvalue weighted by Gasteiger charge is -2.15. The maximum absolute atomic E-state index is 13.6. The number of nitrogens with zero attached hydrogens (tertiary/aromatic N) is 4. The fourth-order valence-electron chi connectivity index (χ4n) is 1.56. The van der Waals surface area contributed by atoms with Crippen LogP contribution < -0.4 is 10.6 Å². The van der Waals surface area contributed by atoms with Gasteiger partial charge in [-0.1, -0.05) is 12.1 Å². The summed E-state index contributed by atoms with van der Waals surface area (Å²) in [7, 11) is 3.65. The van der Waals surface area contributed by atoms with Crippen molar-refractivity contribution in [3.63, 3.8) is 0 Å². The van der Waals surface area contributed by atoms with Crippen LogP contribution in [-0.2, 0) is 0 Å². The highest BCUT2D eigenvalue weighted by molar-refractivity contribution is 7.99. The molecule has 0 unspecified atom stereocenters. The van der Waals surface area contributed by atoms with Gasteiger partial charge in [-0.2, -0.15) is 15.0 Å². The molecule has 0 bridgehead atoms. The molecule has 2 rings (SSSR count). The number of halogens is 1. The molecule has 1 atom stereocenters. The number of rotatable bonds is 4. The van der Waals surface area contributed by atoms with E-state index < -0.39 is 0 Å². The molecule has 20 heavy (non-hydrogen) atoms. The molecule has 0 aliphatic heterocycles. The van der Waals surface area contributed by atoms with Gasteiger partial charge in [0, 0.05) is 19.0 Å². The van der Waals surface area contributed by atoms with Crippen molar-refractivity contribution in [2.45, 2.75) is 17.1 Å². The summed E-state index contributed by atoms with van der Waals surface area (Å²) in [6.45, 7) is 1.91. The maximum Gasteiger partial charge on any atom is 0.229 e. The third-order valence-corrected chi connectivity index (χ3v) is 3.71. The number of benzene rings is 1. The molecule has 1 heterocycles. The van der Waals surface area contributed by atoms with Gasteiger partial charge in [0.2, 0.25) is 11.9 Å². The Morgan fingerprint density at radius 1 is 1.20 bits per heavy atom. The maximum atomic E-state index is 13.6. The van der Waals surface area contributed by atoms with Gasteiger partial charge in [-0.05, 0) is 19.1 Å². The van der Waals surface area contributed by atoms with E-state index in [9.17, 15) is 4.39 Å². The summed E-state index contributed by atoms with van der Waals surface area (Å²) in [6.07, 6.45) is 0. The first-order valence-corrected chi connectivity index (χ1v) is 6.95. The Morgan fingerprint density at radius 2 is 1.90 bits per heavy atom. The van der Waals surface area contributed by atoms with Gasteiger partial charge in [0.05, 0.1) is 5.25 Å². The predicted molar refractivity (Wildman–Crippen MR) is 79.2 cm³/mol. The fourth-order valence-corrected chi connectivity index (χ4v) is 2.49. The van der Waals surface area contributed by atoms with Crippen molar-refractivity contribution in [3.05, 3.63) is 35.9 Å². The molecule has 0 saturated carbocycles. The highest BCUT2D eigenvalue weighted by atomic mass is 32.2. The normalized spacial score (nSPS) is 12.2. The van der Waals surface area contributed by atoms with Crippen LogP contribution in [0.3, 0.4) is 0 Å². The first-order chi connectivity index (χ1) is 9.47. The third-order valence-electron chi connectivity index (χ3n) is 2.56. The van der Waals surface area contributed by atoms with Crippen LogP contribution >= 0.6 is 11.8 Å². The molecule has 0 saturated heterocycles. The smallest absolute Gasteiger partial charge is 0.229 e. The molecule has 0 aliphatic carbocycles. The topological polar surface area (TPSA) is 67.9 Å². The Labute approximate surface area is 121 Å². The van der Waals surface area contributed by atoms with E-state index in [-0.39, 0.29) is 17.0 Å². The van der Waals surface area contributed by atoms with Crippen LogP contribution in [0.1, 0.15) is 18.0 Å². The lowest BCUT2D eigenvalue weighted by atomic mass is 10.3. The van der Waals surface area contributed by atoms with Crippen LogP contribution in [0.25, 0.3) is 0 Å². The molecule has 0 amide bonds. The Kier molecular flexibility index (Phi) is 4.39. The second-order valence-corrected chi connectivity index (χ2v) is 5.82. The van der Waals surface area contributed by atoms with E-state index in [1.54, 1.807) is 23.1 Å². The van der Waals surface area contributed by atoms with Crippen molar-refractivity contribution in [1.82, 2.24) is 15.0 Å². The molecule has 0 spiro atoms. The van der Waals surface area contributed by atoms with Crippen LogP contribution in [-0.4, -0.2) is 29.0 Å². The number of nitrogen functional groups attached to an aromatic ring is 1. The molecule has 2 N–H and O–H groups in total. The molecule has 0 fully saturated rings. The molecular formula is C13H16FN5S. The average Bonchev–Trinajstić information content (AvgIpc) is 2.40. The summed E-state index contributed by atoms with van der Waals surface area (Å²) in [6, 6.07) is 6.62. The molecule has 106 valence electrons. The van der Waals surface area contributed by atoms with E-state index in [0.717, 1.165) is 0 Å². The SMILES string of the molecule is C[C@@H](Sc1ccccc1F)c1nc(N)nc(N(C)C)n1. The van der Waals surface area contributed by atoms with Crippen LogP contribution in [0.15, 0.2) is 29.2 Å². The highest BCUT2D eigenvalue weighted by Gasteiger charge is 2.16. The van der Waals surface area contributed by atoms with Gasteiger partial charge in [-0.3, -0.25) is 0 Å². The van der Waals surface area contributed by atoms with Crippen molar-refractivity contribution in [1.29, 1.82) is 0 Å². The summed E-state index contributed by atoms with van der Waals surface area (Å²) >= 11 is 1.35. The van der Waals surface area contributed by atoms with Crippen LogP contribution in [0, 0.1) is 5.82 Å². The van der Waals surface area contributed by atoms with E-state index >= 15 is 0 Å². The van der Waals surface area contributed by atoms with Crippen LogP contribution in [0.4, 0.5) is 16.3 Å². The van der Waals surface area contributed by atoms with Crippen molar-refractivity contribution in [3.8, 4) is 0 Å². The van der Waals surface area contributed by atoms with E-state index in [4.69, 9.17) is 5.73 Å². The number of aromatic nitrogens is 3. The van der Waals surface area contributed by atoms with Gasteiger partial charge in [0.25, 0.3) is 0 Å². The minimum absolute atomic E-state index is 0.129. The number of nitrogens with two attached hydrogens (primary N) is 1. The van der Waals surface area contributed by atoms with Gasteiger partial charge in [0.15, 0.2) is 0 Å². The van der Waals surface area contributed by atoms with Crippen molar-refractivity contribution >= 4 is 23.7 Å². The molecule has 7 heteroatoms. The van der Waals surface area contributed by atoms with Gasteiger partial charge >= 0.3 is 0 Å². The highest BCUT2D eigenvalue weighted by Crippen LogP contribution is 2.34. The zero-order valence-electron chi connectivity index (χ0n) is 11.5. The number of hydrogen-bond donors (Lipinski definition) is 1. The zero-order valence-corrected chi connectivity index (χ0v) is 12.4.